The maximum absolute atomic E-state index is 12.9. The van der Waals surface area contributed by atoms with Crippen LogP contribution in [0.5, 0.6) is 11.5 Å². The van der Waals surface area contributed by atoms with E-state index in [4.69, 9.17) is 9.47 Å². The second kappa shape index (κ2) is 9.18. The zero-order valence-corrected chi connectivity index (χ0v) is 18.1. The summed E-state index contributed by atoms with van der Waals surface area (Å²) >= 11 is 0. The fraction of sp³-hybridized carbons (Fsp3) is 0.174. The van der Waals surface area contributed by atoms with Crippen molar-refractivity contribution in [1.29, 1.82) is 0 Å². The van der Waals surface area contributed by atoms with E-state index in [0.717, 1.165) is 11.1 Å². The Balaban J connectivity index is 1.64. The number of benzene rings is 3. The van der Waals surface area contributed by atoms with Crippen LogP contribution < -0.4 is 13.8 Å². The number of esters is 1. The van der Waals surface area contributed by atoms with Crippen LogP contribution in [0.25, 0.3) is 0 Å². The quantitative estimate of drug-likeness (QED) is 0.403. The van der Waals surface area contributed by atoms with Gasteiger partial charge in [-0.25, -0.2) is 17.6 Å². The molecule has 31 heavy (non-hydrogen) atoms. The van der Waals surface area contributed by atoms with Crippen LogP contribution in [0.1, 0.15) is 11.1 Å². The molecule has 0 atom stereocenters. The van der Waals surface area contributed by atoms with Crippen LogP contribution in [0.3, 0.4) is 0 Å². The molecule has 3 rings (SSSR count). The number of nitrogens with zero attached hydrogens (tertiary/aromatic N) is 1. The lowest BCUT2D eigenvalue weighted by molar-refractivity contribution is -0.136. The normalized spacial score (nSPS) is 11.1. The number of rotatable bonds is 7. The molecule has 0 aliphatic carbocycles. The fourth-order valence-corrected chi connectivity index (χ4v) is 4.01. The maximum Gasteiger partial charge on any atom is 0.349 e. The number of halogens is 1. The number of hydrogen-bond acceptors (Lipinski definition) is 5. The minimum absolute atomic E-state index is 0.201. The van der Waals surface area contributed by atoms with E-state index in [2.05, 4.69) is 0 Å². The average molecular weight is 443 g/mol. The third-order valence-corrected chi connectivity index (χ3v) is 6.52. The molecule has 0 aliphatic heterocycles. The molecule has 0 radical (unpaired) electrons. The first-order valence-corrected chi connectivity index (χ1v) is 10.9. The lowest BCUT2D eigenvalue weighted by Gasteiger charge is -2.20. The summed E-state index contributed by atoms with van der Waals surface area (Å²) in [6, 6.07) is 16.3. The van der Waals surface area contributed by atoms with E-state index in [1.807, 2.05) is 13.8 Å². The van der Waals surface area contributed by atoms with Gasteiger partial charge in [0.05, 0.1) is 10.6 Å². The number of anilines is 1. The van der Waals surface area contributed by atoms with Gasteiger partial charge in [-0.2, -0.15) is 0 Å². The zero-order valence-electron chi connectivity index (χ0n) is 17.3. The van der Waals surface area contributed by atoms with Gasteiger partial charge in [0.2, 0.25) is 0 Å². The number of hydrogen-bond donors (Lipinski definition) is 0. The van der Waals surface area contributed by atoms with Gasteiger partial charge in [0.25, 0.3) is 10.0 Å². The Bertz CT molecular complexity index is 1180. The predicted octanol–water partition coefficient (Wildman–Crippen LogP) is 4.25. The first kappa shape index (κ1) is 22.3. The molecule has 0 spiro atoms. The van der Waals surface area contributed by atoms with E-state index < -0.39 is 21.8 Å². The highest BCUT2D eigenvalue weighted by Gasteiger charge is 2.22. The van der Waals surface area contributed by atoms with Crippen molar-refractivity contribution >= 4 is 21.7 Å². The molecule has 0 unspecified atom stereocenters. The summed E-state index contributed by atoms with van der Waals surface area (Å²) in [5.41, 5.74) is 2.32. The van der Waals surface area contributed by atoms with Crippen LogP contribution in [0, 0.1) is 19.7 Å². The second-order valence-electron chi connectivity index (χ2n) is 6.93. The monoisotopic (exact) mass is 443 g/mol. The first-order chi connectivity index (χ1) is 14.7. The number of ether oxygens (including phenoxy) is 2. The summed E-state index contributed by atoms with van der Waals surface area (Å²) in [7, 11) is -2.27. The number of sulfonamides is 1. The van der Waals surface area contributed by atoms with Gasteiger partial charge in [0.1, 0.15) is 17.3 Å². The van der Waals surface area contributed by atoms with Gasteiger partial charge in [-0.1, -0.05) is 6.07 Å². The van der Waals surface area contributed by atoms with Gasteiger partial charge in [0.15, 0.2) is 6.61 Å². The van der Waals surface area contributed by atoms with Crippen LogP contribution in [0.15, 0.2) is 71.6 Å². The van der Waals surface area contributed by atoms with Crippen molar-refractivity contribution in [1.82, 2.24) is 0 Å². The van der Waals surface area contributed by atoms with Gasteiger partial charge in [0, 0.05) is 7.05 Å². The Morgan fingerprint density at radius 2 is 1.52 bits per heavy atom. The van der Waals surface area contributed by atoms with Crippen molar-refractivity contribution in [3.63, 3.8) is 0 Å². The Hall–Kier alpha value is -3.39. The van der Waals surface area contributed by atoms with Crippen LogP contribution in [0.4, 0.5) is 10.1 Å². The lowest BCUT2D eigenvalue weighted by Crippen LogP contribution is -2.26. The van der Waals surface area contributed by atoms with Crippen molar-refractivity contribution < 1.29 is 27.1 Å². The first-order valence-electron chi connectivity index (χ1n) is 9.42. The second-order valence-corrected chi connectivity index (χ2v) is 8.90. The van der Waals surface area contributed by atoms with Crippen LogP contribution in [-0.4, -0.2) is 28.0 Å². The van der Waals surface area contributed by atoms with Crippen LogP contribution >= 0.6 is 0 Å². The molecule has 0 heterocycles. The van der Waals surface area contributed by atoms with Gasteiger partial charge in [-0.3, -0.25) is 4.31 Å². The Labute approximate surface area is 180 Å². The Kier molecular flexibility index (Phi) is 6.60. The zero-order chi connectivity index (χ0) is 22.6. The average Bonchev–Trinajstić information content (AvgIpc) is 2.75. The third kappa shape index (κ3) is 5.40. The molecule has 8 heteroatoms. The SMILES string of the molecule is Cc1ccc(S(=O)(=O)N(C)c2ccc(OC(=O)COc3ccc(F)cc3)cc2)cc1C. The van der Waals surface area contributed by atoms with E-state index in [1.54, 1.807) is 30.3 Å². The number of carbonyl (C=O) groups excluding carboxylic acids is 1. The lowest BCUT2D eigenvalue weighted by atomic mass is 10.1. The Morgan fingerprint density at radius 1 is 0.903 bits per heavy atom. The van der Waals surface area contributed by atoms with Crippen LogP contribution in [0.2, 0.25) is 0 Å². The maximum atomic E-state index is 12.9. The summed E-state index contributed by atoms with van der Waals surface area (Å²) in [4.78, 5) is 12.1. The number of aryl methyl sites for hydroxylation is 2. The van der Waals surface area contributed by atoms with Gasteiger partial charge < -0.3 is 9.47 Å². The van der Waals surface area contributed by atoms with Crippen LogP contribution in [-0.2, 0) is 14.8 Å². The van der Waals surface area contributed by atoms with E-state index >= 15 is 0 Å². The summed E-state index contributed by atoms with van der Waals surface area (Å²) in [6.45, 7) is 3.42. The molecule has 6 nitrogen and oxygen atoms in total. The molecule has 0 saturated heterocycles. The van der Waals surface area contributed by atoms with E-state index in [9.17, 15) is 17.6 Å². The molecule has 0 aromatic heterocycles. The summed E-state index contributed by atoms with van der Waals surface area (Å²) < 4.78 is 50.3. The van der Waals surface area contributed by atoms with Gasteiger partial charge >= 0.3 is 5.97 Å². The number of carbonyl (C=O) groups is 1. The molecule has 0 N–H and O–H groups in total. The molecular weight excluding hydrogens is 421 g/mol. The highest BCUT2D eigenvalue weighted by molar-refractivity contribution is 7.92. The van der Waals surface area contributed by atoms with Crippen molar-refractivity contribution in [3.8, 4) is 11.5 Å². The molecular formula is C23H22FNO5S. The molecule has 0 amide bonds. The molecule has 162 valence electrons. The summed E-state index contributed by atoms with van der Waals surface area (Å²) in [6.07, 6.45) is 0. The standard InChI is InChI=1S/C23H22FNO5S/c1-16-4-13-22(14-17(16)2)31(27,28)25(3)19-7-11-21(12-8-19)30-23(26)15-29-20-9-5-18(24)6-10-20/h4-14H,15H2,1-3H3. The van der Waals surface area contributed by atoms with Crippen molar-refractivity contribution in [2.75, 3.05) is 18.0 Å². The smallest absolute Gasteiger partial charge is 0.349 e. The minimum atomic E-state index is -3.73. The van der Waals surface area contributed by atoms with E-state index in [-0.39, 0.29) is 17.3 Å². The van der Waals surface area contributed by atoms with Gasteiger partial charge in [-0.05, 0) is 85.6 Å². The molecule has 0 bridgehead atoms. The molecule has 0 fully saturated rings. The Morgan fingerprint density at radius 3 is 2.13 bits per heavy atom. The van der Waals surface area contributed by atoms with Crippen molar-refractivity contribution in [3.05, 3.63) is 83.7 Å². The molecule has 3 aromatic rings. The minimum Gasteiger partial charge on any atom is -0.482 e. The van der Waals surface area contributed by atoms with E-state index in [0.29, 0.717) is 11.4 Å². The summed E-state index contributed by atoms with van der Waals surface area (Å²) in [5.74, 6) is -0.465. The highest BCUT2D eigenvalue weighted by Crippen LogP contribution is 2.25. The largest absolute Gasteiger partial charge is 0.482 e. The van der Waals surface area contributed by atoms with Crippen molar-refractivity contribution in [2.24, 2.45) is 0 Å². The van der Waals surface area contributed by atoms with Gasteiger partial charge in [-0.15, -0.1) is 0 Å². The highest BCUT2D eigenvalue weighted by atomic mass is 32.2. The van der Waals surface area contributed by atoms with E-state index in [1.165, 1.54) is 47.8 Å². The molecule has 3 aromatic carbocycles. The molecule has 0 aliphatic rings. The third-order valence-electron chi connectivity index (χ3n) is 4.74. The fourth-order valence-electron chi connectivity index (χ4n) is 2.73. The van der Waals surface area contributed by atoms with Crippen molar-refractivity contribution in [2.45, 2.75) is 18.7 Å². The summed E-state index contributed by atoms with van der Waals surface area (Å²) in [5, 5.41) is 0. The topological polar surface area (TPSA) is 72.9 Å². The molecule has 0 saturated carbocycles. The predicted molar refractivity (Wildman–Crippen MR) is 115 cm³/mol.